The van der Waals surface area contributed by atoms with E-state index in [2.05, 4.69) is 5.32 Å². The summed E-state index contributed by atoms with van der Waals surface area (Å²) in [6.45, 7) is 0.822. The molecule has 0 aromatic heterocycles. The lowest BCUT2D eigenvalue weighted by Gasteiger charge is -2.15. The van der Waals surface area contributed by atoms with Crippen LogP contribution in [0.2, 0.25) is 0 Å². The van der Waals surface area contributed by atoms with Gasteiger partial charge in [-0.15, -0.1) is 0 Å². The maximum absolute atomic E-state index is 12.0. The molecule has 0 bridgehead atoms. The van der Waals surface area contributed by atoms with E-state index in [1.165, 1.54) is 0 Å². The minimum atomic E-state index is -0.0604. The molecule has 140 valence electrons. The molecule has 0 spiro atoms. The molecule has 1 amide bonds. The van der Waals surface area contributed by atoms with Crippen LogP contribution in [0.4, 0.5) is 0 Å². The predicted molar refractivity (Wildman–Crippen MR) is 99.4 cm³/mol. The zero-order valence-corrected chi connectivity index (χ0v) is 15.4. The van der Waals surface area contributed by atoms with E-state index in [9.17, 15) is 4.79 Å². The van der Waals surface area contributed by atoms with Crippen LogP contribution >= 0.6 is 0 Å². The monoisotopic (exact) mass is 359 g/mol. The van der Waals surface area contributed by atoms with E-state index in [1.807, 2.05) is 36.4 Å². The van der Waals surface area contributed by atoms with Gasteiger partial charge in [0.25, 0.3) is 0 Å². The van der Waals surface area contributed by atoms with Gasteiger partial charge in [-0.05, 0) is 24.6 Å². The lowest BCUT2D eigenvalue weighted by Crippen LogP contribution is -2.27. The van der Waals surface area contributed by atoms with Crippen molar-refractivity contribution >= 4 is 5.91 Å². The fourth-order valence-electron chi connectivity index (χ4n) is 2.52. The first-order chi connectivity index (χ1) is 12.7. The molecule has 2 rings (SSSR count). The van der Waals surface area contributed by atoms with E-state index >= 15 is 0 Å². The molecule has 0 saturated carbocycles. The highest BCUT2D eigenvalue weighted by atomic mass is 16.5. The summed E-state index contributed by atoms with van der Waals surface area (Å²) in [7, 11) is 4.77. The Bertz CT molecular complexity index is 703. The Morgan fingerprint density at radius 2 is 1.73 bits per heavy atom. The summed E-state index contributed by atoms with van der Waals surface area (Å²) in [5.74, 6) is 2.63. The van der Waals surface area contributed by atoms with Crippen molar-refractivity contribution in [3.05, 3.63) is 48.0 Å². The first-order valence-corrected chi connectivity index (χ1v) is 8.41. The average Bonchev–Trinajstić information content (AvgIpc) is 2.68. The number of hydrogen-bond donors (Lipinski definition) is 1. The molecule has 0 fully saturated rings. The molecule has 6 heteroatoms. The number of benzene rings is 2. The zero-order valence-electron chi connectivity index (χ0n) is 15.4. The van der Waals surface area contributed by atoms with Crippen molar-refractivity contribution in [3.63, 3.8) is 0 Å². The Hall–Kier alpha value is -2.89. The number of hydrogen-bond acceptors (Lipinski definition) is 5. The smallest absolute Gasteiger partial charge is 0.223 e. The Kier molecular flexibility index (Phi) is 7.61. The van der Waals surface area contributed by atoms with Crippen LogP contribution in [0.15, 0.2) is 42.5 Å². The second-order valence-corrected chi connectivity index (χ2v) is 5.53. The van der Waals surface area contributed by atoms with Crippen LogP contribution in [0.5, 0.6) is 23.0 Å². The van der Waals surface area contributed by atoms with E-state index in [1.54, 1.807) is 27.4 Å². The Morgan fingerprint density at radius 1 is 0.962 bits per heavy atom. The van der Waals surface area contributed by atoms with Gasteiger partial charge >= 0.3 is 0 Å². The molecule has 0 aliphatic heterocycles. The molecule has 2 aromatic rings. The third-order valence-corrected chi connectivity index (χ3v) is 3.82. The summed E-state index contributed by atoms with van der Waals surface area (Å²) >= 11 is 0. The summed E-state index contributed by atoms with van der Waals surface area (Å²) in [6, 6.07) is 13.1. The van der Waals surface area contributed by atoms with E-state index in [0.717, 1.165) is 11.3 Å². The van der Waals surface area contributed by atoms with Crippen molar-refractivity contribution in [1.29, 1.82) is 0 Å². The minimum absolute atomic E-state index is 0.0604. The number of rotatable bonds is 10. The van der Waals surface area contributed by atoms with Gasteiger partial charge < -0.3 is 24.3 Å². The average molecular weight is 359 g/mol. The molecule has 0 unspecified atom stereocenters. The number of carbonyl (C=O) groups excluding carboxylic acids is 1. The molecular formula is C20H25NO5. The number of methoxy groups -OCH3 is 3. The fraction of sp³-hybridized carbons (Fsp3) is 0.350. The van der Waals surface area contributed by atoms with Crippen LogP contribution in [-0.2, 0) is 11.2 Å². The highest BCUT2D eigenvalue weighted by molar-refractivity contribution is 5.76. The standard InChI is InChI=1S/C20H25NO5/c1-23-17-13-15(20(25-3)18(14-17)24-2)9-11-21-19(22)10-12-26-16-7-5-4-6-8-16/h4-8,13-14H,9-12H2,1-3H3,(H,21,22). The summed E-state index contributed by atoms with van der Waals surface area (Å²) in [4.78, 5) is 12.0. The van der Waals surface area contributed by atoms with Gasteiger partial charge in [0, 0.05) is 18.2 Å². The van der Waals surface area contributed by atoms with Crippen LogP contribution in [0, 0.1) is 0 Å². The summed E-state index contributed by atoms with van der Waals surface area (Å²) in [5, 5.41) is 2.89. The van der Waals surface area contributed by atoms with Crippen molar-refractivity contribution in [2.75, 3.05) is 34.5 Å². The second kappa shape index (κ2) is 10.2. The molecule has 0 heterocycles. The zero-order chi connectivity index (χ0) is 18.8. The van der Waals surface area contributed by atoms with E-state index < -0.39 is 0 Å². The number of amides is 1. The molecule has 1 N–H and O–H groups in total. The van der Waals surface area contributed by atoms with Gasteiger partial charge in [0.2, 0.25) is 5.91 Å². The van der Waals surface area contributed by atoms with Crippen LogP contribution in [0.1, 0.15) is 12.0 Å². The fourth-order valence-corrected chi connectivity index (χ4v) is 2.52. The van der Waals surface area contributed by atoms with Crippen molar-refractivity contribution < 1.29 is 23.7 Å². The SMILES string of the molecule is COc1cc(CCNC(=O)CCOc2ccccc2)c(OC)c(OC)c1. The van der Waals surface area contributed by atoms with Crippen molar-refractivity contribution in [2.24, 2.45) is 0 Å². The van der Waals surface area contributed by atoms with E-state index in [4.69, 9.17) is 18.9 Å². The molecule has 26 heavy (non-hydrogen) atoms. The largest absolute Gasteiger partial charge is 0.497 e. The van der Waals surface area contributed by atoms with E-state index in [0.29, 0.717) is 43.2 Å². The highest BCUT2D eigenvalue weighted by Crippen LogP contribution is 2.35. The summed E-state index contributed by atoms with van der Waals surface area (Å²) in [5.41, 5.74) is 0.907. The van der Waals surface area contributed by atoms with Gasteiger partial charge in [-0.1, -0.05) is 18.2 Å². The number of ether oxygens (including phenoxy) is 4. The van der Waals surface area contributed by atoms with Crippen molar-refractivity contribution in [3.8, 4) is 23.0 Å². The topological polar surface area (TPSA) is 66.0 Å². The number of carbonyl (C=O) groups is 1. The molecule has 6 nitrogen and oxygen atoms in total. The van der Waals surface area contributed by atoms with Gasteiger partial charge in [0.15, 0.2) is 11.5 Å². The highest BCUT2D eigenvalue weighted by Gasteiger charge is 2.13. The molecule has 0 radical (unpaired) electrons. The Labute approximate surface area is 154 Å². The lowest BCUT2D eigenvalue weighted by molar-refractivity contribution is -0.121. The molecule has 0 aliphatic carbocycles. The molecule has 0 saturated heterocycles. The molecule has 0 atom stereocenters. The van der Waals surface area contributed by atoms with Gasteiger partial charge in [-0.3, -0.25) is 4.79 Å². The quantitative estimate of drug-likeness (QED) is 0.707. The maximum Gasteiger partial charge on any atom is 0.223 e. The number of nitrogens with one attached hydrogen (secondary N) is 1. The molecular weight excluding hydrogens is 334 g/mol. The third-order valence-electron chi connectivity index (χ3n) is 3.82. The third kappa shape index (κ3) is 5.58. The van der Waals surface area contributed by atoms with Gasteiger partial charge in [-0.2, -0.15) is 0 Å². The second-order valence-electron chi connectivity index (χ2n) is 5.53. The van der Waals surface area contributed by atoms with Gasteiger partial charge in [-0.25, -0.2) is 0 Å². The predicted octanol–water partition coefficient (Wildman–Crippen LogP) is 2.84. The molecule has 2 aromatic carbocycles. The van der Waals surface area contributed by atoms with Crippen molar-refractivity contribution in [1.82, 2.24) is 5.32 Å². The van der Waals surface area contributed by atoms with Gasteiger partial charge in [0.1, 0.15) is 11.5 Å². The van der Waals surface area contributed by atoms with Gasteiger partial charge in [0.05, 0.1) is 34.4 Å². The number of para-hydroxylation sites is 1. The van der Waals surface area contributed by atoms with Crippen LogP contribution in [0.3, 0.4) is 0 Å². The van der Waals surface area contributed by atoms with Crippen molar-refractivity contribution in [2.45, 2.75) is 12.8 Å². The van der Waals surface area contributed by atoms with Crippen LogP contribution in [0.25, 0.3) is 0 Å². The minimum Gasteiger partial charge on any atom is -0.497 e. The Balaban J connectivity index is 1.82. The molecule has 0 aliphatic rings. The lowest BCUT2D eigenvalue weighted by atomic mass is 10.1. The van der Waals surface area contributed by atoms with E-state index in [-0.39, 0.29) is 5.91 Å². The van der Waals surface area contributed by atoms with Crippen LogP contribution < -0.4 is 24.3 Å². The maximum atomic E-state index is 12.0. The normalized spacial score (nSPS) is 10.1. The first kappa shape index (κ1) is 19.4. The summed E-state index contributed by atoms with van der Waals surface area (Å²) < 4.78 is 21.6. The Morgan fingerprint density at radius 3 is 2.38 bits per heavy atom. The van der Waals surface area contributed by atoms with Crippen LogP contribution in [-0.4, -0.2) is 40.4 Å². The summed E-state index contributed by atoms with van der Waals surface area (Å²) in [6.07, 6.45) is 0.898. The first-order valence-electron chi connectivity index (χ1n) is 8.41.